The lowest BCUT2D eigenvalue weighted by Gasteiger charge is -2.19. The van der Waals surface area contributed by atoms with Crippen LogP contribution in [0.3, 0.4) is 0 Å². The molecule has 2 nitrogen and oxygen atoms in total. The van der Waals surface area contributed by atoms with Crippen LogP contribution >= 0.6 is 0 Å². The molecule has 0 saturated carbocycles. The molecule has 15 heavy (non-hydrogen) atoms. The van der Waals surface area contributed by atoms with Crippen LogP contribution in [0, 0.1) is 0 Å². The maximum atomic E-state index is 5.58. The zero-order valence-electron chi connectivity index (χ0n) is 9.45. The molecule has 2 N–H and O–H groups in total. The zero-order chi connectivity index (χ0) is 10.7. The van der Waals surface area contributed by atoms with Crippen molar-refractivity contribution < 1.29 is 0 Å². The summed E-state index contributed by atoms with van der Waals surface area (Å²) >= 11 is 0. The first kappa shape index (κ1) is 10.7. The van der Waals surface area contributed by atoms with Gasteiger partial charge in [-0.3, -0.25) is 0 Å². The number of likely N-dealkylation sites (N-methyl/N-ethyl adjacent to an activating group) is 1. The Morgan fingerprint density at radius 1 is 1.27 bits per heavy atom. The van der Waals surface area contributed by atoms with Crippen LogP contribution in [0.25, 0.3) is 0 Å². The summed E-state index contributed by atoms with van der Waals surface area (Å²) in [5.74, 6) is 0. The summed E-state index contributed by atoms with van der Waals surface area (Å²) in [6, 6.07) is 9.46. The quantitative estimate of drug-likeness (QED) is 0.813. The van der Waals surface area contributed by atoms with E-state index >= 15 is 0 Å². The highest BCUT2D eigenvalue weighted by atomic mass is 15.1. The molecule has 1 heterocycles. The predicted octanol–water partition coefficient (Wildman–Crippen LogP) is 1.78. The second-order valence-corrected chi connectivity index (χ2v) is 4.50. The summed E-state index contributed by atoms with van der Waals surface area (Å²) in [7, 11) is 2.23. The minimum atomic E-state index is 0.642. The predicted molar refractivity (Wildman–Crippen MR) is 63.7 cm³/mol. The van der Waals surface area contributed by atoms with Crippen LogP contribution in [0.1, 0.15) is 24.0 Å². The minimum Gasteiger partial charge on any atom is -0.326 e. The van der Waals surface area contributed by atoms with Gasteiger partial charge >= 0.3 is 0 Å². The lowest BCUT2D eigenvalue weighted by atomic mass is 10.0. The summed E-state index contributed by atoms with van der Waals surface area (Å²) in [6.07, 6.45) is 3.87. The molecule has 0 bridgehead atoms. The zero-order valence-corrected chi connectivity index (χ0v) is 9.45. The molecule has 0 radical (unpaired) electrons. The van der Waals surface area contributed by atoms with Crippen molar-refractivity contribution >= 4 is 0 Å². The van der Waals surface area contributed by atoms with E-state index in [-0.39, 0.29) is 0 Å². The third kappa shape index (κ3) is 2.58. The number of nitrogens with two attached hydrogens (primary N) is 1. The molecule has 2 rings (SSSR count). The van der Waals surface area contributed by atoms with E-state index < -0.39 is 0 Å². The Hall–Kier alpha value is -0.860. The summed E-state index contributed by atoms with van der Waals surface area (Å²) in [5, 5.41) is 0. The Labute approximate surface area is 92.1 Å². The lowest BCUT2D eigenvalue weighted by molar-refractivity contribution is 0.309. The first-order valence-electron chi connectivity index (χ1n) is 5.77. The highest BCUT2D eigenvalue weighted by Crippen LogP contribution is 2.19. The minimum absolute atomic E-state index is 0.642. The third-order valence-electron chi connectivity index (χ3n) is 3.40. The fourth-order valence-electron chi connectivity index (χ4n) is 2.32. The van der Waals surface area contributed by atoms with Gasteiger partial charge in [0.2, 0.25) is 0 Å². The van der Waals surface area contributed by atoms with Crippen LogP contribution in [0.2, 0.25) is 0 Å². The molecule has 1 atom stereocenters. The first-order chi connectivity index (χ1) is 7.29. The van der Waals surface area contributed by atoms with E-state index in [1.54, 1.807) is 0 Å². The number of likely N-dealkylation sites (tertiary alicyclic amines) is 1. The topological polar surface area (TPSA) is 29.3 Å². The van der Waals surface area contributed by atoms with Crippen LogP contribution in [0.15, 0.2) is 24.3 Å². The van der Waals surface area contributed by atoms with Crippen LogP contribution in [-0.4, -0.2) is 24.5 Å². The second-order valence-electron chi connectivity index (χ2n) is 4.50. The van der Waals surface area contributed by atoms with Crippen molar-refractivity contribution in [1.82, 2.24) is 4.90 Å². The first-order valence-corrected chi connectivity index (χ1v) is 5.77. The number of hydrogen-bond acceptors (Lipinski definition) is 2. The molecule has 0 amide bonds. The van der Waals surface area contributed by atoms with Crippen molar-refractivity contribution in [3.63, 3.8) is 0 Å². The summed E-state index contributed by atoms with van der Waals surface area (Å²) < 4.78 is 0. The van der Waals surface area contributed by atoms with E-state index in [9.17, 15) is 0 Å². The van der Waals surface area contributed by atoms with E-state index in [1.807, 2.05) is 0 Å². The summed E-state index contributed by atoms with van der Waals surface area (Å²) in [5.41, 5.74) is 8.23. The van der Waals surface area contributed by atoms with Gasteiger partial charge in [-0.15, -0.1) is 0 Å². The molecule has 1 aromatic carbocycles. The van der Waals surface area contributed by atoms with Crippen molar-refractivity contribution in [1.29, 1.82) is 0 Å². The van der Waals surface area contributed by atoms with Crippen LogP contribution in [0.5, 0.6) is 0 Å². The highest BCUT2D eigenvalue weighted by Gasteiger charge is 2.20. The average Bonchev–Trinajstić information content (AvgIpc) is 2.66. The Kier molecular flexibility index (Phi) is 3.39. The fraction of sp³-hybridized carbons (Fsp3) is 0.538. The third-order valence-corrected chi connectivity index (χ3v) is 3.40. The van der Waals surface area contributed by atoms with E-state index in [1.165, 1.54) is 36.9 Å². The SMILES string of the molecule is CN1CCCC1Cc1ccc(CN)cc1. The lowest BCUT2D eigenvalue weighted by Crippen LogP contribution is -2.26. The van der Waals surface area contributed by atoms with E-state index in [0.29, 0.717) is 6.54 Å². The standard InChI is InChI=1S/C13H20N2/c1-15-8-2-3-13(15)9-11-4-6-12(10-14)7-5-11/h4-7,13H,2-3,8-10,14H2,1H3. The maximum Gasteiger partial charge on any atom is 0.0178 e. The van der Waals surface area contributed by atoms with Gasteiger partial charge in [0.15, 0.2) is 0 Å². The molecule has 1 aliphatic rings. The molecule has 1 aromatic rings. The number of nitrogens with zero attached hydrogens (tertiary/aromatic N) is 1. The molecule has 1 aliphatic heterocycles. The molecule has 0 aromatic heterocycles. The van der Waals surface area contributed by atoms with Gasteiger partial charge in [-0.1, -0.05) is 24.3 Å². The molecular weight excluding hydrogens is 184 g/mol. The molecule has 82 valence electrons. The molecule has 1 saturated heterocycles. The van der Waals surface area contributed by atoms with Crippen molar-refractivity contribution in [3.05, 3.63) is 35.4 Å². The Morgan fingerprint density at radius 3 is 2.47 bits per heavy atom. The van der Waals surface area contributed by atoms with Crippen molar-refractivity contribution in [2.45, 2.75) is 31.8 Å². The van der Waals surface area contributed by atoms with Crippen molar-refractivity contribution in [3.8, 4) is 0 Å². The summed E-state index contributed by atoms with van der Waals surface area (Å²) in [4.78, 5) is 2.47. The highest BCUT2D eigenvalue weighted by molar-refractivity contribution is 5.23. The van der Waals surface area contributed by atoms with Crippen LogP contribution in [0.4, 0.5) is 0 Å². The van der Waals surface area contributed by atoms with E-state index in [4.69, 9.17) is 5.73 Å². The summed E-state index contributed by atoms with van der Waals surface area (Å²) in [6.45, 7) is 1.90. The number of rotatable bonds is 3. The van der Waals surface area contributed by atoms with Gasteiger partial charge in [0.25, 0.3) is 0 Å². The maximum absolute atomic E-state index is 5.58. The largest absolute Gasteiger partial charge is 0.326 e. The Balaban J connectivity index is 1.98. The van der Waals surface area contributed by atoms with Crippen LogP contribution in [-0.2, 0) is 13.0 Å². The second kappa shape index (κ2) is 4.77. The van der Waals surface area contributed by atoms with Gasteiger partial charge in [-0.05, 0) is 44.0 Å². The molecule has 0 aliphatic carbocycles. The normalized spacial score (nSPS) is 22.1. The monoisotopic (exact) mass is 204 g/mol. The van der Waals surface area contributed by atoms with Gasteiger partial charge in [-0.25, -0.2) is 0 Å². The van der Waals surface area contributed by atoms with Crippen LogP contribution < -0.4 is 5.73 Å². The molecule has 0 spiro atoms. The fourth-order valence-corrected chi connectivity index (χ4v) is 2.32. The molecule has 1 fully saturated rings. The van der Waals surface area contributed by atoms with Crippen molar-refractivity contribution in [2.24, 2.45) is 5.73 Å². The van der Waals surface area contributed by atoms with Gasteiger partial charge < -0.3 is 10.6 Å². The van der Waals surface area contributed by atoms with Gasteiger partial charge in [-0.2, -0.15) is 0 Å². The number of benzene rings is 1. The molecule has 1 unspecified atom stereocenters. The smallest absolute Gasteiger partial charge is 0.0178 e. The Bertz CT molecular complexity index is 305. The average molecular weight is 204 g/mol. The molecule has 2 heteroatoms. The van der Waals surface area contributed by atoms with E-state index in [0.717, 1.165) is 6.04 Å². The van der Waals surface area contributed by atoms with Gasteiger partial charge in [0.05, 0.1) is 0 Å². The van der Waals surface area contributed by atoms with Gasteiger partial charge in [0.1, 0.15) is 0 Å². The van der Waals surface area contributed by atoms with Gasteiger partial charge in [0, 0.05) is 12.6 Å². The van der Waals surface area contributed by atoms with E-state index in [2.05, 4.69) is 36.2 Å². The number of hydrogen-bond donors (Lipinski definition) is 1. The van der Waals surface area contributed by atoms with Crippen molar-refractivity contribution in [2.75, 3.05) is 13.6 Å². The molecular formula is C13H20N2. The Morgan fingerprint density at radius 2 is 1.93 bits per heavy atom.